The van der Waals surface area contributed by atoms with Crippen molar-refractivity contribution in [3.8, 4) is 5.88 Å². The van der Waals surface area contributed by atoms with Gasteiger partial charge in [-0.25, -0.2) is 9.78 Å². The van der Waals surface area contributed by atoms with Crippen molar-refractivity contribution in [3.63, 3.8) is 0 Å². The highest BCUT2D eigenvalue weighted by atomic mass is 35.5. The van der Waals surface area contributed by atoms with Crippen LogP contribution in [0.2, 0.25) is 5.15 Å². The third-order valence-electron chi connectivity index (χ3n) is 2.04. The van der Waals surface area contributed by atoms with E-state index in [2.05, 4.69) is 4.98 Å². The molecule has 0 saturated heterocycles. The van der Waals surface area contributed by atoms with Gasteiger partial charge in [-0.15, -0.1) is 0 Å². The van der Waals surface area contributed by atoms with Gasteiger partial charge in [-0.05, 0) is 6.07 Å². The summed E-state index contributed by atoms with van der Waals surface area (Å²) in [6.07, 6.45) is -0.602. The molecule has 6 heteroatoms. The molecule has 5 nitrogen and oxygen atoms in total. The fraction of sp³-hybridized carbons (Fsp3) is 0.333. The van der Waals surface area contributed by atoms with Gasteiger partial charge in [0.1, 0.15) is 17.9 Å². The summed E-state index contributed by atoms with van der Waals surface area (Å²) in [5.41, 5.74) is 5.77. The number of aromatic nitrogens is 1. The van der Waals surface area contributed by atoms with Crippen molar-refractivity contribution < 1.29 is 14.3 Å². The number of hydrogen-bond acceptors (Lipinski definition) is 4. The largest absolute Gasteiger partial charge is 0.473 e. The van der Waals surface area contributed by atoms with E-state index in [1.54, 1.807) is 12.1 Å². The molecule has 0 unspecified atom stereocenters. The second-order valence-corrected chi connectivity index (χ2v) is 3.56. The van der Waals surface area contributed by atoms with Crippen molar-refractivity contribution in [2.45, 2.75) is 12.5 Å². The number of rotatable bonds is 1. The van der Waals surface area contributed by atoms with Crippen LogP contribution < -0.4 is 10.5 Å². The first-order valence-electron chi connectivity index (χ1n) is 4.39. The Morgan fingerprint density at radius 3 is 3.20 bits per heavy atom. The normalized spacial score (nSPS) is 18.9. The van der Waals surface area contributed by atoms with Gasteiger partial charge >= 0.3 is 6.09 Å². The molecular weight excluding hydrogens is 220 g/mol. The van der Waals surface area contributed by atoms with Crippen molar-refractivity contribution in [1.82, 2.24) is 4.98 Å². The molecule has 1 amide bonds. The minimum atomic E-state index is -0.797. The zero-order valence-corrected chi connectivity index (χ0v) is 8.53. The van der Waals surface area contributed by atoms with Crippen molar-refractivity contribution >= 4 is 17.7 Å². The number of halogens is 1. The van der Waals surface area contributed by atoms with Crippen LogP contribution in [0.1, 0.15) is 5.56 Å². The van der Waals surface area contributed by atoms with Gasteiger partial charge < -0.3 is 15.2 Å². The van der Waals surface area contributed by atoms with E-state index in [1.165, 1.54) is 0 Å². The smallest absolute Gasteiger partial charge is 0.404 e. The summed E-state index contributed by atoms with van der Waals surface area (Å²) in [6, 6.07) is 3.46. The number of nitrogens with two attached hydrogens (primary N) is 1. The van der Waals surface area contributed by atoms with E-state index in [-0.39, 0.29) is 12.7 Å². The summed E-state index contributed by atoms with van der Waals surface area (Å²) in [4.78, 5) is 14.5. The molecule has 2 heterocycles. The van der Waals surface area contributed by atoms with Gasteiger partial charge in [0.2, 0.25) is 5.88 Å². The average molecular weight is 229 g/mol. The van der Waals surface area contributed by atoms with E-state index in [9.17, 15) is 4.79 Å². The van der Waals surface area contributed by atoms with Crippen molar-refractivity contribution in [3.05, 3.63) is 22.8 Å². The first-order valence-corrected chi connectivity index (χ1v) is 4.77. The molecule has 2 N–H and O–H groups in total. The van der Waals surface area contributed by atoms with Crippen LogP contribution in [-0.4, -0.2) is 23.8 Å². The van der Waals surface area contributed by atoms with Crippen LogP contribution in [0, 0.1) is 0 Å². The molecule has 0 bridgehead atoms. The lowest BCUT2D eigenvalue weighted by Gasteiger charge is -2.23. The van der Waals surface area contributed by atoms with E-state index in [1.807, 2.05) is 0 Å². The molecule has 80 valence electrons. The van der Waals surface area contributed by atoms with Gasteiger partial charge in [0, 0.05) is 12.0 Å². The van der Waals surface area contributed by atoms with Gasteiger partial charge in [0.05, 0.1) is 0 Å². The summed E-state index contributed by atoms with van der Waals surface area (Å²) in [5, 5.41) is 0.378. The zero-order valence-electron chi connectivity index (χ0n) is 7.77. The Kier molecular flexibility index (Phi) is 2.64. The zero-order chi connectivity index (χ0) is 10.8. The van der Waals surface area contributed by atoms with Crippen LogP contribution in [0.25, 0.3) is 0 Å². The van der Waals surface area contributed by atoms with Crippen molar-refractivity contribution in [1.29, 1.82) is 0 Å². The van der Waals surface area contributed by atoms with Crippen molar-refractivity contribution in [2.75, 3.05) is 6.61 Å². The predicted octanol–water partition coefficient (Wildman–Crippen LogP) is 1.13. The second kappa shape index (κ2) is 3.94. The van der Waals surface area contributed by atoms with Crippen LogP contribution in [0.4, 0.5) is 4.79 Å². The summed E-state index contributed by atoms with van der Waals surface area (Å²) >= 11 is 5.70. The first kappa shape index (κ1) is 10.0. The molecule has 1 aliphatic rings. The number of amides is 1. The summed E-state index contributed by atoms with van der Waals surface area (Å²) in [7, 11) is 0. The number of hydrogen-bond donors (Lipinski definition) is 1. The van der Waals surface area contributed by atoms with Crippen LogP contribution >= 0.6 is 11.6 Å². The highest BCUT2D eigenvalue weighted by molar-refractivity contribution is 6.29. The Hall–Kier alpha value is -1.49. The average Bonchev–Trinajstić information content (AvgIpc) is 2.17. The quantitative estimate of drug-likeness (QED) is 0.732. The third kappa shape index (κ3) is 2.30. The van der Waals surface area contributed by atoms with Crippen molar-refractivity contribution in [2.24, 2.45) is 5.73 Å². The van der Waals surface area contributed by atoms with Crippen LogP contribution in [-0.2, 0) is 11.2 Å². The fourth-order valence-corrected chi connectivity index (χ4v) is 1.58. The maximum absolute atomic E-state index is 10.5. The van der Waals surface area contributed by atoms with E-state index in [0.29, 0.717) is 17.5 Å². The van der Waals surface area contributed by atoms with Crippen LogP contribution in [0.5, 0.6) is 5.88 Å². The molecule has 0 aliphatic carbocycles. The molecule has 1 aromatic rings. The van der Waals surface area contributed by atoms with E-state index in [0.717, 1.165) is 5.56 Å². The lowest BCUT2D eigenvalue weighted by molar-refractivity contribution is 0.0595. The Labute approximate surface area is 91.1 Å². The summed E-state index contributed by atoms with van der Waals surface area (Å²) in [6.45, 7) is 0.253. The number of primary amides is 1. The molecule has 0 saturated carbocycles. The monoisotopic (exact) mass is 228 g/mol. The Morgan fingerprint density at radius 2 is 2.47 bits per heavy atom. The van der Waals surface area contributed by atoms with E-state index >= 15 is 0 Å². The predicted molar refractivity (Wildman–Crippen MR) is 52.9 cm³/mol. The highest BCUT2D eigenvalue weighted by Gasteiger charge is 2.23. The topological polar surface area (TPSA) is 74.4 Å². The Bertz CT molecular complexity index is 397. The molecule has 1 atom stereocenters. The number of carbonyl (C=O) groups is 1. The van der Waals surface area contributed by atoms with Gasteiger partial charge in [0.15, 0.2) is 0 Å². The van der Waals surface area contributed by atoms with E-state index in [4.69, 9.17) is 26.8 Å². The second-order valence-electron chi connectivity index (χ2n) is 3.17. The molecule has 0 aromatic carbocycles. The molecule has 1 aromatic heterocycles. The number of fused-ring (bicyclic) bond motifs is 1. The summed E-state index contributed by atoms with van der Waals surface area (Å²) in [5.74, 6) is 0.492. The minimum Gasteiger partial charge on any atom is -0.473 e. The molecular formula is C9H9ClN2O3. The molecule has 0 spiro atoms. The molecule has 0 radical (unpaired) electrons. The number of nitrogens with zero attached hydrogens (tertiary/aromatic N) is 1. The first-order chi connectivity index (χ1) is 7.15. The fourth-order valence-electron chi connectivity index (χ4n) is 1.44. The van der Waals surface area contributed by atoms with Gasteiger partial charge in [-0.3, -0.25) is 0 Å². The molecule has 1 aliphatic heterocycles. The maximum atomic E-state index is 10.5. The standard InChI is InChI=1S/C9H9ClN2O3/c10-7-2-1-5-3-6(15-9(11)13)4-14-8(5)12-7/h1-2,6H,3-4H2,(H2,11,13)/t6-/m1/s1. The molecule has 15 heavy (non-hydrogen) atoms. The number of pyridine rings is 1. The SMILES string of the molecule is NC(=O)O[C@H]1COc2nc(Cl)ccc2C1. The Balaban J connectivity index is 2.13. The maximum Gasteiger partial charge on any atom is 0.404 e. The Morgan fingerprint density at radius 1 is 1.67 bits per heavy atom. The highest BCUT2D eigenvalue weighted by Crippen LogP contribution is 2.25. The number of ether oxygens (including phenoxy) is 2. The molecule has 0 fully saturated rings. The van der Waals surface area contributed by atoms with Crippen LogP contribution in [0.15, 0.2) is 12.1 Å². The van der Waals surface area contributed by atoms with Crippen LogP contribution in [0.3, 0.4) is 0 Å². The lowest BCUT2D eigenvalue weighted by Crippen LogP contribution is -2.33. The molecule has 2 rings (SSSR count). The minimum absolute atomic E-state index is 0.253. The lowest BCUT2D eigenvalue weighted by atomic mass is 10.1. The number of carbonyl (C=O) groups excluding carboxylic acids is 1. The summed E-state index contributed by atoms with van der Waals surface area (Å²) < 4.78 is 10.1. The van der Waals surface area contributed by atoms with Gasteiger partial charge in [-0.1, -0.05) is 17.7 Å². The van der Waals surface area contributed by atoms with Gasteiger partial charge in [0.25, 0.3) is 0 Å². The third-order valence-corrected chi connectivity index (χ3v) is 2.25. The van der Waals surface area contributed by atoms with Gasteiger partial charge in [-0.2, -0.15) is 0 Å². The van der Waals surface area contributed by atoms with E-state index < -0.39 is 6.09 Å².